The van der Waals surface area contributed by atoms with E-state index in [-0.39, 0.29) is 22.2 Å². The van der Waals surface area contributed by atoms with Crippen molar-refractivity contribution in [3.05, 3.63) is 83.6 Å². The minimum Gasteiger partial charge on any atom is -0.493 e. The number of nitrogens with zero attached hydrogens (tertiary/aromatic N) is 1. The molecule has 9 nitrogen and oxygen atoms in total. The van der Waals surface area contributed by atoms with Crippen molar-refractivity contribution in [3.8, 4) is 5.75 Å². The largest absolute Gasteiger partial charge is 0.493 e. The van der Waals surface area contributed by atoms with Gasteiger partial charge in [-0.25, -0.2) is 18.2 Å². The maximum Gasteiger partial charge on any atom is 0.337 e. The van der Waals surface area contributed by atoms with E-state index < -0.39 is 21.6 Å². The number of carbonyl (C=O) groups excluding carboxylic acids is 1. The Morgan fingerprint density at radius 2 is 1.54 bits per heavy atom. The lowest BCUT2D eigenvalue weighted by atomic mass is 10.1. The molecule has 0 atom stereocenters. The van der Waals surface area contributed by atoms with E-state index in [1.165, 1.54) is 24.3 Å². The topological polar surface area (TPSA) is 132 Å². The molecule has 196 valence electrons. The number of aromatic carboxylic acids is 1. The van der Waals surface area contributed by atoms with Crippen molar-refractivity contribution < 1.29 is 32.6 Å². The molecular weight excluding hydrogens is 496 g/mol. The zero-order chi connectivity index (χ0) is 27.1. The third-order valence-electron chi connectivity index (χ3n) is 5.10. The fourth-order valence-electron chi connectivity index (χ4n) is 3.29. The zero-order valence-corrected chi connectivity index (χ0v) is 21.7. The van der Waals surface area contributed by atoms with Crippen LogP contribution in [-0.4, -0.2) is 42.7 Å². The number of sulfonamides is 1. The van der Waals surface area contributed by atoms with Crippen LogP contribution in [0.15, 0.2) is 71.8 Å². The number of nitrogens with one attached hydrogen (secondary N) is 1. The summed E-state index contributed by atoms with van der Waals surface area (Å²) in [6.07, 6.45) is 2.68. The molecule has 2 N–H and O–H groups in total. The molecule has 0 aliphatic carbocycles. The van der Waals surface area contributed by atoms with Crippen LogP contribution in [0.4, 0.5) is 5.82 Å². The van der Waals surface area contributed by atoms with Gasteiger partial charge in [0.1, 0.15) is 17.2 Å². The molecular formula is C27H30N2O7S. The molecule has 3 aromatic rings. The summed E-state index contributed by atoms with van der Waals surface area (Å²) in [6.45, 7) is 5.94. The normalized spacial score (nSPS) is 11.5. The van der Waals surface area contributed by atoms with Crippen LogP contribution in [0.2, 0.25) is 0 Å². The summed E-state index contributed by atoms with van der Waals surface area (Å²) in [4.78, 5) is 26.6. The molecule has 0 fully saturated rings. The van der Waals surface area contributed by atoms with Gasteiger partial charge in [0.25, 0.3) is 10.0 Å². The lowest BCUT2D eigenvalue weighted by molar-refractivity contribution is -0.154. The van der Waals surface area contributed by atoms with Crippen LogP contribution in [0.3, 0.4) is 0 Å². The van der Waals surface area contributed by atoms with Crippen molar-refractivity contribution in [2.45, 2.75) is 50.5 Å². The Hall–Kier alpha value is -3.92. The number of pyridine rings is 1. The number of ether oxygens (including phenoxy) is 2. The van der Waals surface area contributed by atoms with Crippen molar-refractivity contribution in [2.75, 3.05) is 11.3 Å². The maximum absolute atomic E-state index is 12.6. The van der Waals surface area contributed by atoms with E-state index in [0.717, 1.165) is 17.3 Å². The Bertz CT molecular complexity index is 1310. The molecule has 0 spiro atoms. The Morgan fingerprint density at radius 3 is 2.08 bits per heavy atom. The van der Waals surface area contributed by atoms with Gasteiger partial charge in [0.05, 0.1) is 17.1 Å². The maximum atomic E-state index is 12.6. The number of anilines is 1. The van der Waals surface area contributed by atoms with Gasteiger partial charge in [0.15, 0.2) is 0 Å². The molecule has 1 heterocycles. The molecule has 37 heavy (non-hydrogen) atoms. The van der Waals surface area contributed by atoms with Gasteiger partial charge in [-0.05, 0) is 74.7 Å². The first kappa shape index (κ1) is 27.7. The number of rotatable bonds is 11. The van der Waals surface area contributed by atoms with E-state index >= 15 is 0 Å². The van der Waals surface area contributed by atoms with Gasteiger partial charge in [-0.3, -0.25) is 9.52 Å². The van der Waals surface area contributed by atoms with Crippen LogP contribution < -0.4 is 9.46 Å². The lowest BCUT2D eigenvalue weighted by Crippen LogP contribution is -2.24. The molecule has 0 aliphatic rings. The quantitative estimate of drug-likeness (QED) is 0.350. The number of esters is 1. The lowest BCUT2D eigenvalue weighted by Gasteiger charge is -2.19. The molecule has 0 aliphatic heterocycles. The van der Waals surface area contributed by atoms with Gasteiger partial charge in [0, 0.05) is 19.0 Å². The van der Waals surface area contributed by atoms with Gasteiger partial charge in [0.2, 0.25) is 0 Å². The van der Waals surface area contributed by atoms with Gasteiger partial charge >= 0.3 is 11.9 Å². The summed E-state index contributed by atoms with van der Waals surface area (Å²) in [6, 6.07) is 16.5. The van der Waals surface area contributed by atoms with Crippen LogP contribution in [0, 0.1) is 0 Å². The molecule has 3 rings (SSSR count). The van der Waals surface area contributed by atoms with Gasteiger partial charge in [-0.2, -0.15) is 0 Å². The van der Waals surface area contributed by atoms with E-state index in [1.807, 2.05) is 45.0 Å². The summed E-state index contributed by atoms with van der Waals surface area (Å²) in [5.74, 6) is -0.825. The number of hydrogen-bond donors (Lipinski definition) is 2. The van der Waals surface area contributed by atoms with E-state index in [1.54, 1.807) is 12.1 Å². The average molecular weight is 527 g/mol. The highest BCUT2D eigenvalue weighted by Crippen LogP contribution is 2.19. The number of aromatic nitrogens is 1. The van der Waals surface area contributed by atoms with Crippen molar-refractivity contribution >= 4 is 27.8 Å². The zero-order valence-electron chi connectivity index (χ0n) is 20.9. The Labute approximate surface area is 216 Å². The first-order chi connectivity index (χ1) is 17.4. The SMILES string of the molecule is CC(C)(C)OC(=O)CCc1ccc(CCOc2ccc(S(=O)(=O)Nc3ccc(C(=O)O)cn3)cc2)cc1. The highest BCUT2D eigenvalue weighted by atomic mass is 32.2. The summed E-state index contributed by atoms with van der Waals surface area (Å²) in [5, 5.41) is 8.91. The standard InChI is InChI=1S/C27H30N2O7S/c1-27(2,3)36-25(30)15-8-19-4-6-20(7-5-19)16-17-35-22-10-12-23(13-11-22)37(33,34)29-24-14-9-21(18-28-24)26(31)32/h4-7,9-14,18H,8,15-17H2,1-3H3,(H,28,29)(H,31,32). The van der Waals surface area contributed by atoms with Crippen molar-refractivity contribution in [2.24, 2.45) is 0 Å². The van der Waals surface area contributed by atoms with E-state index in [2.05, 4.69) is 9.71 Å². The summed E-state index contributed by atoms with van der Waals surface area (Å²) < 4.78 is 38.5. The molecule has 0 bridgehead atoms. The molecule has 0 saturated heterocycles. The second-order valence-electron chi connectivity index (χ2n) is 9.32. The first-order valence-corrected chi connectivity index (χ1v) is 13.1. The number of carboxylic acid groups (broad SMARTS) is 1. The van der Waals surface area contributed by atoms with Crippen LogP contribution in [0.1, 0.15) is 48.7 Å². The minimum absolute atomic E-state index is 0.0150. The second-order valence-corrected chi connectivity index (χ2v) is 11.0. The van der Waals surface area contributed by atoms with E-state index in [4.69, 9.17) is 14.6 Å². The Balaban J connectivity index is 1.46. The van der Waals surface area contributed by atoms with Gasteiger partial charge < -0.3 is 14.6 Å². The summed E-state index contributed by atoms with van der Waals surface area (Å²) in [5.41, 5.74) is 1.60. The Morgan fingerprint density at radius 1 is 0.919 bits per heavy atom. The van der Waals surface area contributed by atoms with Crippen LogP contribution >= 0.6 is 0 Å². The third-order valence-corrected chi connectivity index (χ3v) is 6.47. The first-order valence-electron chi connectivity index (χ1n) is 11.7. The van der Waals surface area contributed by atoms with Gasteiger partial charge in [-0.15, -0.1) is 0 Å². The third kappa shape index (κ3) is 8.91. The molecule has 1 aromatic heterocycles. The number of benzene rings is 2. The molecule has 0 amide bonds. The summed E-state index contributed by atoms with van der Waals surface area (Å²) in [7, 11) is -3.89. The highest BCUT2D eigenvalue weighted by Gasteiger charge is 2.17. The number of hydrogen-bond acceptors (Lipinski definition) is 7. The molecule has 2 aromatic carbocycles. The van der Waals surface area contributed by atoms with E-state index in [0.29, 0.717) is 31.6 Å². The predicted molar refractivity (Wildman–Crippen MR) is 138 cm³/mol. The van der Waals surface area contributed by atoms with Crippen molar-refractivity contribution in [1.82, 2.24) is 4.98 Å². The smallest absolute Gasteiger partial charge is 0.337 e. The van der Waals surface area contributed by atoms with E-state index in [9.17, 15) is 18.0 Å². The highest BCUT2D eigenvalue weighted by molar-refractivity contribution is 7.92. The average Bonchev–Trinajstić information content (AvgIpc) is 2.83. The predicted octanol–water partition coefficient (Wildman–Crippen LogP) is 4.48. The molecule has 10 heteroatoms. The minimum atomic E-state index is -3.89. The second kappa shape index (κ2) is 11.9. The molecule has 0 saturated carbocycles. The molecule has 0 radical (unpaired) electrons. The fourth-order valence-corrected chi connectivity index (χ4v) is 4.30. The van der Waals surface area contributed by atoms with Crippen LogP contribution in [-0.2, 0) is 32.4 Å². The monoisotopic (exact) mass is 526 g/mol. The number of carboxylic acids is 1. The molecule has 0 unspecified atom stereocenters. The van der Waals surface area contributed by atoms with Crippen molar-refractivity contribution in [3.63, 3.8) is 0 Å². The van der Waals surface area contributed by atoms with Crippen molar-refractivity contribution in [1.29, 1.82) is 0 Å². The van der Waals surface area contributed by atoms with Gasteiger partial charge in [-0.1, -0.05) is 24.3 Å². The number of carbonyl (C=O) groups is 2. The fraction of sp³-hybridized carbons (Fsp3) is 0.296. The summed E-state index contributed by atoms with van der Waals surface area (Å²) >= 11 is 0. The van der Waals surface area contributed by atoms with Crippen LogP contribution in [0.25, 0.3) is 0 Å². The van der Waals surface area contributed by atoms with Crippen LogP contribution in [0.5, 0.6) is 5.75 Å². The Kier molecular flexibility index (Phi) is 8.88. The number of aryl methyl sites for hydroxylation is 1.